The SMILES string of the molecule is CC1(C)CCC(=O)C(CN2CCCC2CO)C1. The van der Waals surface area contributed by atoms with Gasteiger partial charge in [-0.15, -0.1) is 0 Å². The number of carbonyl (C=O) groups is 1. The van der Waals surface area contributed by atoms with Crippen molar-refractivity contribution in [2.45, 2.75) is 52.0 Å². The van der Waals surface area contributed by atoms with E-state index in [9.17, 15) is 9.90 Å². The third-order valence-electron chi connectivity index (χ3n) is 4.47. The predicted octanol–water partition coefficient (Wildman–Crippen LogP) is 1.84. The minimum atomic E-state index is 0.200. The first-order valence-corrected chi connectivity index (χ1v) is 6.89. The Morgan fingerprint density at radius 2 is 2.24 bits per heavy atom. The summed E-state index contributed by atoms with van der Waals surface area (Å²) in [7, 11) is 0. The Morgan fingerprint density at radius 1 is 1.47 bits per heavy atom. The molecule has 98 valence electrons. The number of nitrogens with zero attached hydrogens (tertiary/aromatic N) is 1. The van der Waals surface area contributed by atoms with Gasteiger partial charge in [-0.1, -0.05) is 13.8 Å². The molecule has 0 aromatic heterocycles. The Morgan fingerprint density at radius 3 is 2.94 bits per heavy atom. The van der Waals surface area contributed by atoms with Crippen LogP contribution in [0.2, 0.25) is 0 Å². The minimum Gasteiger partial charge on any atom is -0.395 e. The molecule has 2 fully saturated rings. The summed E-state index contributed by atoms with van der Waals surface area (Å²) >= 11 is 0. The van der Waals surface area contributed by atoms with Gasteiger partial charge in [0.2, 0.25) is 0 Å². The summed E-state index contributed by atoms with van der Waals surface area (Å²) in [5.41, 5.74) is 0.313. The molecule has 2 rings (SSSR count). The molecule has 17 heavy (non-hydrogen) atoms. The quantitative estimate of drug-likeness (QED) is 0.817. The van der Waals surface area contributed by atoms with E-state index >= 15 is 0 Å². The Balaban J connectivity index is 1.94. The molecule has 3 nitrogen and oxygen atoms in total. The number of hydrogen-bond donors (Lipinski definition) is 1. The number of Topliss-reactive ketones (excluding diaryl/α,β-unsaturated/α-hetero) is 1. The lowest BCUT2D eigenvalue weighted by atomic mass is 9.71. The first-order chi connectivity index (χ1) is 8.02. The molecule has 3 heteroatoms. The maximum Gasteiger partial charge on any atom is 0.137 e. The second kappa shape index (κ2) is 5.07. The molecular weight excluding hydrogens is 214 g/mol. The molecule has 2 atom stereocenters. The first-order valence-electron chi connectivity index (χ1n) is 6.89. The fourth-order valence-electron chi connectivity index (χ4n) is 3.34. The molecule has 2 aliphatic rings. The number of rotatable bonds is 3. The van der Waals surface area contributed by atoms with Crippen molar-refractivity contribution in [2.75, 3.05) is 19.7 Å². The zero-order chi connectivity index (χ0) is 12.5. The van der Waals surface area contributed by atoms with Gasteiger partial charge in [0.05, 0.1) is 6.61 Å². The number of hydrogen-bond acceptors (Lipinski definition) is 3. The third-order valence-corrected chi connectivity index (χ3v) is 4.47. The van der Waals surface area contributed by atoms with Crippen LogP contribution < -0.4 is 0 Å². The lowest BCUT2D eigenvalue weighted by Crippen LogP contribution is -2.41. The van der Waals surface area contributed by atoms with Gasteiger partial charge in [-0.2, -0.15) is 0 Å². The zero-order valence-corrected chi connectivity index (χ0v) is 11.1. The van der Waals surface area contributed by atoms with Gasteiger partial charge < -0.3 is 5.11 Å². The number of likely N-dealkylation sites (tertiary alicyclic amines) is 1. The number of aliphatic hydroxyl groups excluding tert-OH is 1. The summed E-state index contributed by atoms with van der Waals surface area (Å²) in [6.45, 7) is 6.69. The van der Waals surface area contributed by atoms with Crippen molar-refractivity contribution in [3.8, 4) is 0 Å². The second-order valence-electron chi connectivity index (χ2n) is 6.51. The van der Waals surface area contributed by atoms with Gasteiger partial charge in [0, 0.05) is 24.9 Å². The molecule has 1 aliphatic heterocycles. The van der Waals surface area contributed by atoms with Crippen molar-refractivity contribution in [3.63, 3.8) is 0 Å². The molecule has 0 bridgehead atoms. The van der Waals surface area contributed by atoms with Crippen molar-refractivity contribution in [2.24, 2.45) is 11.3 Å². The Labute approximate surface area is 104 Å². The standard InChI is InChI=1S/C14H25NO2/c1-14(2)6-5-13(17)11(8-14)9-15-7-3-4-12(15)10-16/h11-12,16H,3-10H2,1-2H3. The third kappa shape index (κ3) is 3.08. The smallest absolute Gasteiger partial charge is 0.137 e. The summed E-state index contributed by atoms with van der Waals surface area (Å²) < 4.78 is 0. The van der Waals surface area contributed by atoms with E-state index < -0.39 is 0 Å². The minimum absolute atomic E-state index is 0.200. The first kappa shape index (κ1) is 13.0. The summed E-state index contributed by atoms with van der Waals surface area (Å²) in [5.74, 6) is 0.638. The van der Waals surface area contributed by atoms with E-state index in [1.165, 1.54) is 0 Å². The normalized spacial score (nSPS) is 34.2. The molecule has 1 heterocycles. The average molecular weight is 239 g/mol. The van der Waals surface area contributed by atoms with Crippen molar-refractivity contribution in [1.29, 1.82) is 0 Å². The summed E-state index contributed by atoms with van der Waals surface area (Å²) in [4.78, 5) is 14.3. The molecule has 2 unspecified atom stereocenters. The highest BCUT2D eigenvalue weighted by atomic mass is 16.3. The van der Waals surface area contributed by atoms with Crippen LogP contribution in [0, 0.1) is 11.3 Å². The Kier molecular flexibility index (Phi) is 3.88. The van der Waals surface area contributed by atoms with Gasteiger partial charge in [0.1, 0.15) is 5.78 Å². The van der Waals surface area contributed by atoms with Crippen molar-refractivity contribution >= 4 is 5.78 Å². The van der Waals surface area contributed by atoms with Gasteiger partial charge in [0.25, 0.3) is 0 Å². The fourth-order valence-corrected chi connectivity index (χ4v) is 3.34. The van der Waals surface area contributed by atoms with E-state index in [-0.39, 0.29) is 12.5 Å². The molecule has 0 radical (unpaired) electrons. The van der Waals surface area contributed by atoms with Crippen LogP contribution >= 0.6 is 0 Å². The maximum atomic E-state index is 12.0. The van der Waals surface area contributed by atoms with E-state index in [0.717, 1.165) is 45.2 Å². The highest BCUT2D eigenvalue weighted by Gasteiger charge is 2.36. The molecule has 1 aliphatic carbocycles. The van der Waals surface area contributed by atoms with Crippen LogP contribution in [0.3, 0.4) is 0 Å². The van der Waals surface area contributed by atoms with E-state index in [1.807, 2.05) is 0 Å². The lowest BCUT2D eigenvalue weighted by molar-refractivity contribution is -0.128. The number of ketones is 1. The van der Waals surface area contributed by atoms with Gasteiger partial charge in [-0.3, -0.25) is 9.69 Å². The largest absolute Gasteiger partial charge is 0.395 e. The van der Waals surface area contributed by atoms with Crippen molar-refractivity contribution in [3.05, 3.63) is 0 Å². The predicted molar refractivity (Wildman–Crippen MR) is 67.8 cm³/mol. The molecule has 0 amide bonds. The second-order valence-corrected chi connectivity index (χ2v) is 6.51. The van der Waals surface area contributed by atoms with E-state index in [1.54, 1.807) is 0 Å². The van der Waals surface area contributed by atoms with Crippen molar-refractivity contribution < 1.29 is 9.90 Å². The molecule has 1 saturated carbocycles. The van der Waals surface area contributed by atoms with Crippen LogP contribution in [0.1, 0.15) is 46.0 Å². The Bertz CT molecular complexity index is 288. The lowest BCUT2D eigenvalue weighted by Gasteiger charge is -2.37. The van der Waals surface area contributed by atoms with Crippen LogP contribution in [0.25, 0.3) is 0 Å². The van der Waals surface area contributed by atoms with Crippen LogP contribution in [0.4, 0.5) is 0 Å². The summed E-state index contributed by atoms with van der Waals surface area (Å²) in [6.07, 6.45) is 5.04. The van der Waals surface area contributed by atoms with E-state index in [2.05, 4.69) is 18.7 Å². The van der Waals surface area contributed by atoms with Crippen LogP contribution in [-0.4, -0.2) is 41.5 Å². The summed E-state index contributed by atoms with van der Waals surface area (Å²) in [5, 5.41) is 9.31. The molecule has 1 saturated heterocycles. The van der Waals surface area contributed by atoms with Crippen molar-refractivity contribution in [1.82, 2.24) is 4.90 Å². The monoisotopic (exact) mass is 239 g/mol. The topological polar surface area (TPSA) is 40.5 Å². The van der Waals surface area contributed by atoms with E-state index in [0.29, 0.717) is 17.2 Å². The maximum absolute atomic E-state index is 12.0. The molecule has 0 aromatic carbocycles. The van der Waals surface area contributed by atoms with Crippen LogP contribution in [-0.2, 0) is 4.79 Å². The van der Waals surface area contributed by atoms with Gasteiger partial charge in [-0.05, 0) is 37.6 Å². The molecule has 1 N–H and O–H groups in total. The van der Waals surface area contributed by atoms with Gasteiger partial charge >= 0.3 is 0 Å². The van der Waals surface area contributed by atoms with E-state index in [4.69, 9.17) is 0 Å². The summed E-state index contributed by atoms with van der Waals surface area (Å²) in [6, 6.07) is 0.299. The highest BCUT2D eigenvalue weighted by molar-refractivity contribution is 5.82. The Hall–Kier alpha value is -0.410. The molecular formula is C14H25NO2. The highest BCUT2D eigenvalue weighted by Crippen LogP contribution is 2.37. The van der Waals surface area contributed by atoms with Gasteiger partial charge in [-0.25, -0.2) is 0 Å². The molecule has 0 spiro atoms. The fraction of sp³-hybridized carbons (Fsp3) is 0.929. The van der Waals surface area contributed by atoms with Crippen LogP contribution in [0.15, 0.2) is 0 Å². The van der Waals surface area contributed by atoms with Crippen LogP contribution in [0.5, 0.6) is 0 Å². The number of aliphatic hydroxyl groups is 1. The average Bonchev–Trinajstić information content (AvgIpc) is 2.70. The van der Waals surface area contributed by atoms with Gasteiger partial charge in [0.15, 0.2) is 0 Å². The molecule has 0 aromatic rings. The zero-order valence-electron chi connectivity index (χ0n) is 11.1. The number of carbonyl (C=O) groups excluding carboxylic acids is 1.